The predicted octanol–water partition coefficient (Wildman–Crippen LogP) is 6.01. The second-order valence-corrected chi connectivity index (χ2v) is 7.37. The fraction of sp³-hybridized carbons (Fsp3) is 0.0833. The van der Waals surface area contributed by atoms with Gasteiger partial charge in [-0.2, -0.15) is 0 Å². The van der Waals surface area contributed by atoms with E-state index in [0.717, 1.165) is 11.1 Å². The van der Waals surface area contributed by atoms with Gasteiger partial charge in [-0.05, 0) is 42.3 Å². The summed E-state index contributed by atoms with van der Waals surface area (Å²) in [5, 5.41) is 9.88. The van der Waals surface area contributed by atoms with Crippen molar-refractivity contribution in [1.82, 2.24) is 0 Å². The minimum absolute atomic E-state index is 0.0341. The third-order valence-electron chi connectivity index (χ3n) is 4.88. The second-order valence-electron chi connectivity index (χ2n) is 6.97. The van der Waals surface area contributed by atoms with Gasteiger partial charge in [-0.3, -0.25) is 5.32 Å². The number of nitrogens with one attached hydrogen (secondary N) is 3. The average Bonchev–Trinajstić information content (AvgIpc) is 2.77. The molecular weight excluding hydrogens is 414 g/mol. The molecular formula is C24H20ClN3O3. The summed E-state index contributed by atoms with van der Waals surface area (Å²) in [7, 11) is 0. The predicted molar refractivity (Wildman–Crippen MR) is 125 cm³/mol. The van der Waals surface area contributed by atoms with Crippen LogP contribution in [0.5, 0.6) is 0 Å². The number of benzene rings is 3. The van der Waals surface area contributed by atoms with Gasteiger partial charge in [-0.15, -0.1) is 0 Å². The number of hydrogen-bond acceptors (Lipinski definition) is 4. The van der Waals surface area contributed by atoms with E-state index in [4.69, 9.17) is 16.0 Å². The molecule has 0 aliphatic rings. The lowest BCUT2D eigenvalue weighted by Gasteiger charge is -2.15. The lowest BCUT2D eigenvalue weighted by Crippen LogP contribution is -2.25. The van der Waals surface area contributed by atoms with Crippen LogP contribution in [0.25, 0.3) is 11.0 Å². The van der Waals surface area contributed by atoms with Gasteiger partial charge in [-0.1, -0.05) is 60.1 Å². The summed E-state index contributed by atoms with van der Waals surface area (Å²) in [6.45, 7) is 2.27. The molecule has 1 aromatic heterocycles. The van der Waals surface area contributed by atoms with Crippen LogP contribution in [0.2, 0.25) is 5.02 Å². The van der Waals surface area contributed by atoms with Gasteiger partial charge in [0.05, 0.1) is 5.69 Å². The van der Waals surface area contributed by atoms with Crippen LogP contribution in [0.3, 0.4) is 0 Å². The van der Waals surface area contributed by atoms with Gasteiger partial charge in [0, 0.05) is 22.6 Å². The summed E-state index contributed by atoms with van der Waals surface area (Å²) in [6, 6.07) is 21.6. The van der Waals surface area contributed by atoms with Gasteiger partial charge in [-0.25, -0.2) is 9.59 Å². The van der Waals surface area contributed by atoms with Gasteiger partial charge >= 0.3 is 11.7 Å². The number of urea groups is 1. The maximum absolute atomic E-state index is 12.7. The molecule has 1 heterocycles. The van der Waals surface area contributed by atoms with Crippen LogP contribution in [0, 0.1) is 6.92 Å². The molecule has 6 nitrogen and oxygen atoms in total. The molecule has 7 heteroatoms. The van der Waals surface area contributed by atoms with Crippen LogP contribution in [-0.2, 0) is 6.54 Å². The summed E-state index contributed by atoms with van der Waals surface area (Å²) < 4.78 is 5.42. The van der Waals surface area contributed by atoms with Crippen molar-refractivity contribution in [3.05, 3.63) is 99.4 Å². The fourth-order valence-electron chi connectivity index (χ4n) is 3.24. The van der Waals surface area contributed by atoms with Crippen LogP contribution in [0.4, 0.5) is 21.9 Å². The minimum atomic E-state index is -0.646. The van der Waals surface area contributed by atoms with Crippen LogP contribution >= 0.6 is 11.6 Å². The Morgan fingerprint density at radius 1 is 0.903 bits per heavy atom. The molecule has 0 aliphatic carbocycles. The molecule has 4 aromatic rings. The zero-order valence-corrected chi connectivity index (χ0v) is 17.5. The normalized spacial score (nSPS) is 10.6. The monoisotopic (exact) mass is 433 g/mol. The molecule has 0 radical (unpaired) electrons. The summed E-state index contributed by atoms with van der Waals surface area (Å²) in [4.78, 5) is 25.4. The summed E-state index contributed by atoms with van der Waals surface area (Å²) in [5.74, 6) is 0. The van der Waals surface area contributed by atoms with Crippen molar-refractivity contribution in [1.29, 1.82) is 0 Å². The number of carbonyl (C=O) groups excluding carboxylic acids is 1. The van der Waals surface area contributed by atoms with Crippen LogP contribution in [0.15, 0.2) is 82.0 Å². The molecule has 0 saturated carbocycles. The van der Waals surface area contributed by atoms with E-state index in [-0.39, 0.29) is 5.69 Å². The highest BCUT2D eigenvalue weighted by atomic mass is 35.5. The zero-order chi connectivity index (χ0) is 21.8. The minimum Gasteiger partial charge on any atom is -0.421 e. The third kappa shape index (κ3) is 4.54. The maximum atomic E-state index is 12.7. The van der Waals surface area contributed by atoms with Gasteiger partial charge < -0.3 is 15.1 Å². The Bertz CT molecular complexity index is 1300. The Morgan fingerprint density at radius 3 is 2.45 bits per heavy atom. The average molecular weight is 434 g/mol. The molecule has 0 bridgehead atoms. The zero-order valence-electron chi connectivity index (χ0n) is 16.7. The topological polar surface area (TPSA) is 83.4 Å². The first-order valence-corrected chi connectivity index (χ1v) is 10.1. The standard InChI is InChI=1S/C24H20ClN3O3/c1-15-18(25)11-7-12-19(15)27-24(30)28-22-21(26-14-16-8-3-2-4-9-16)17-10-5-6-13-20(17)31-23(22)29/h2-13,26H,14H2,1H3,(H2,27,28,30). The molecule has 0 spiro atoms. The van der Waals surface area contributed by atoms with Crippen LogP contribution in [0.1, 0.15) is 11.1 Å². The van der Waals surface area contributed by atoms with E-state index in [1.54, 1.807) is 37.3 Å². The molecule has 3 aromatic carbocycles. The Balaban J connectivity index is 1.67. The fourth-order valence-corrected chi connectivity index (χ4v) is 3.42. The van der Waals surface area contributed by atoms with E-state index in [9.17, 15) is 9.59 Å². The molecule has 3 N–H and O–H groups in total. The SMILES string of the molecule is Cc1c(Cl)cccc1NC(=O)Nc1c(NCc2ccccc2)c2ccccc2oc1=O. The highest BCUT2D eigenvalue weighted by molar-refractivity contribution is 6.31. The number of fused-ring (bicyclic) bond motifs is 1. The molecule has 0 saturated heterocycles. The van der Waals surface area contributed by atoms with E-state index in [1.807, 2.05) is 42.5 Å². The Kier molecular flexibility index (Phi) is 5.91. The smallest absolute Gasteiger partial charge is 0.362 e. The van der Waals surface area contributed by atoms with E-state index in [0.29, 0.717) is 33.9 Å². The molecule has 0 atom stereocenters. The van der Waals surface area contributed by atoms with Crippen LogP contribution < -0.4 is 21.6 Å². The number of para-hydroxylation sites is 1. The van der Waals surface area contributed by atoms with Crippen LogP contribution in [-0.4, -0.2) is 6.03 Å². The van der Waals surface area contributed by atoms with E-state index in [2.05, 4.69) is 16.0 Å². The molecule has 156 valence electrons. The van der Waals surface area contributed by atoms with Crippen molar-refractivity contribution in [2.24, 2.45) is 0 Å². The number of anilines is 3. The molecule has 0 unspecified atom stereocenters. The van der Waals surface area contributed by atoms with Crippen molar-refractivity contribution >= 4 is 45.7 Å². The number of rotatable bonds is 5. The third-order valence-corrected chi connectivity index (χ3v) is 5.29. The molecule has 0 aliphatic heterocycles. The molecule has 4 rings (SSSR count). The molecule has 31 heavy (non-hydrogen) atoms. The Hall–Kier alpha value is -3.77. The Labute approximate surface area is 183 Å². The maximum Gasteiger partial charge on any atom is 0.362 e. The quantitative estimate of drug-likeness (QED) is 0.336. The summed E-state index contributed by atoms with van der Waals surface area (Å²) in [5.41, 5.74) is 2.62. The highest BCUT2D eigenvalue weighted by Crippen LogP contribution is 2.29. The first kappa shape index (κ1) is 20.5. The van der Waals surface area contributed by atoms with E-state index < -0.39 is 11.7 Å². The number of halogens is 1. The summed E-state index contributed by atoms with van der Waals surface area (Å²) >= 11 is 6.13. The number of hydrogen-bond donors (Lipinski definition) is 3. The van der Waals surface area contributed by atoms with E-state index in [1.165, 1.54) is 0 Å². The Morgan fingerprint density at radius 2 is 1.65 bits per heavy atom. The summed E-state index contributed by atoms with van der Waals surface area (Å²) in [6.07, 6.45) is 0. The molecule has 0 fully saturated rings. The lowest BCUT2D eigenvalue weighted by atomic mass is 10.1. The van der Waals surface area contributed by atoms with Gasteiger partial charge in [0.2, 0.25) is 0 Å². The van der Waals surface area contributed by atoms with Gasteiger partial charge in [0.15, 0.2) is 5.69 Å². The van der Waals surface area contributed by atoms with Crippen molar-refractivity contribution in [2.75, 3.05) is 16.0 Å². The van der Waals surface area contributed by atoms with Gasteiger partial charge in [0.25, 0.3) is 0 Å². The van der Waals surface area contributed by atoms with Crippen molar-refractivity contribution in [3.8, 4) is 0 Å². The second kappa shape index (κ2) is 8.93. The van der Waals surface area contributed by atoms with Crippen molar-refractivity contribution < 1.29 is 9.21 Å². The van der Waals surface area contributed by atoms with Crippen molar-refractivity contribution in [2.45, 2.75) is 13.5 Å². The first-order valence-electron chi connectivity index (χ1n) is 9.69. The van der Waals surface area contributed by atoms with E-state index >= 15 is 0 Å². The van der Waals surface area contributed by atoms with Crippen molar-refractivity contribution in [3.63, 3.8) is 0 Å². The first-order chi connectivity index (χ1) is 15.0. The number of carbonyl (C=O) groups is 1. The highest BCUT2D eigenvalue weighted by Gasteiger charge is 2.17. The largest absolute Gasteiger partial charge is 0.421 e. The lowest BCUT2D eigenvalue weighted by molar-refractivity contribution is 0.262. The number of amides is 2. The van der Waals surface area contributed by atoms with Gasteiger partial charge in [0.1, 0.15) is 5.58 Å². The molecule has 2 amide bonds.